The Bertz CT molecular complexity index is 1120. The first-order chi connectivity index (χ1) is 24.2. The predicted octanol–water partition coefficient (Wildman–Crippen LogP) is -8.53. The number of hydrogen-bond donors (Lipinski definition) is 11. The van der Waals surface area contributed by atoms with E-state index >= 15 is 0 Å². The molecule has 296 valence electrons. The van der Waals surface area contributed by atoms with Gasteiger partial charge in [0.05, 0.1) is 33.5 Å². The summed E-state index contributed by atoms with van der Waals surface area (Å²) in [7, 11) is 2.20. The summed E-state index contributed by atoms with van der Waals surface area (Å²) in [5.41, 5.74) is 0. The molecule has 5 aliphatic heterocycles. The van der Waals surface area contributed by atoms with Crippen molar-refractivity contribution in [3.05, 3.63) is 0 Å². The lowest BCUT2D eigenvalue weighted by atomic mass is 9.98. The normalized spacial score (nSPS) is 51.2. The molecular weight excluding hydrogens is 704 g/mol. The van der Waals surface area contributed by atoms with Gasteiger partial charge in [-0.2, -0.15) is 0 Å². The number of ether oxygens (including phenoxy) is 11. The van der Waals surface area contributed by atoms with Gasteiger partial charge in [0.15, 0.2) is 37.6 Å². The zero-order valence-electron chi connectivity index (χ0n) is 27.3. The Hall–Kier alpha value is -1.37. The SMILES string of the molecule is COC(=O)[C@H]1O[C@@H](O[C@@H]2[C@@H](O)[C@H](O[C@@H]3OC[C@@H](O[C@@H]4OC[C@@H](O)[C@H](O)[C@H]4O)[C@H](O[C@@H]4OC[C@@H](O)[C@H](O)[C@H]4O)[C@H]3O)CO[C@H]2O)[C@H](O)[C@@H](O)[C@@H]1OC. The smallest absolute Gasteiger partial charge is 0.337 e. The van der Waals surface area contributed by atoms with Gasteiger partial charge in [-0.1, -0.05) is 0 Å². The molecule has 5 aliphatic rings. The van der Waals surface area contributed by atoms with Crippen LogP contribution >= 0.6 is 0 Å². The van der Waals surface area contributed by atoms with Crippen LogP contribution in [0.3, 0.4) is 0 Å². The van der Waals surface area contributed by atoms with E-state index < -0.39 is 162 Å². The summed E-state index contributed by atoms with van der Waals surface area (Å²) in [4.78, 5) is 12.3. The highest BCUT2D eigenvalue weighted by Crippen LogP contribution is 2.33. The van der Waals surface area contributed by atoms with Crippen LogP contribution in [-0.2, 0) is 56.9 Å². The molecule has 23 nitrogen and oxygen atoms in total. The molecule has 51 heavy (non-hydrogen) atoms. The third-order valence-corrected chi connectivity index (χ3v) is 9.20. The molecule has 0 aromatic heterocycles. The molecule has 5 heterocycles. The fraction of sp³-hybridized carbons (Fsp3) is 0.964. The Morgan fingerprint density at radius 1 is 0.490 bits per heavy atom. The minimum atomic E-state index is -1.89. The first-order valence-electron chi connectivity index (χ1n) is 16.0. The summed E-state index contributed by atoms with van der Waals surface area (Å²) in [6, 6.07) is 0. The van der Waals surface area contributed by atoms with Crippen LogP contribution in [0, 0.1) is 0 Å². The molecular formula is C28H46O23. The molecule has 21 atom stereocenters. The molecule has 0 aromatic rings. The molecule has 0 bridgehead atoms. The first-order valence-corrected chi connectivity index (χ1v) is 16.0. The van der Waals surface area contributed by atoms with Gasteiger partial charge in [0.2, 0.25) is 0 Å². The van der Waals surface area contributed by atoms with Gasteiger partial charge < -0.3 is 108 Å². The van der Waals surface area contributed by atoms with E-state index in [1.165, 1.54) is 0 Å². The molecule has 0 amide bonds. The largest absolute Gasteiger partial charge is 0.467 e. The van der Waals surface area contributed by atoms with Crippen LogP contribution in [0.25, 0.3) is 0 Å². The Morgan fingerprint density at radius 3 is 1.57 bits per heavy atom. The highest BCUT2D eigenvalue weighted by Gasteiger charge is 2.54. The fourth-order valence-corrected chi connectivity index (χ4v) is 6.17. The topological polar surface area (TPSA) is 341 Å². The number of esters is 1. The molecule has 11 N–H and O–H groups in total. The van der Waals surface area contributed by atoms with Gasteiger partial charge in [0.25, 0.3) is 0 Å². The number of aliphatic hydroxyl groups is 11. The molecule has 0 saturated carbocycles. The van der Waals surface area contributed by atoms with Crippen molar-refractivity contribution in [1.82, 2.24) is 0 Å². The van der Waals surface area contributed by atoms with Gasteiger partial charge in [0.1, 0.15) is 91.6 Å². The molecule has 0 spiro atoms. The van der Waals surface area contributed by atoms with Gasteiger partial charge in [0, 0.05) is 7.11 Å². The van der Waals surface area contributed by atoms with E-state index in [9.17, 15) is 61.0 Å². The quantitative estimate of drug-likeness (QED) is 0.0923. The van der Waals surface area contributed by atoms with Crippen LogP contribution in [0.1, 0.15) is 0 Å². The van der Waals surface area contributed by atoms with Gasteiger partial charge >= 0.3 is 5.97 Å². The fourth-order valence-electron chi connectivity index (χ4n) is 6.17. The second kappa shape index (κ2) is 17.4. The standard InChI is InChI=1S/C28H46O23/c1-41-20-14(34)17(37)28(51-22(20)23(39)42-2)50-21-13(33)9(5-43-24(21)40)47-27-18(38)19(49-26-16(36)12(32)8(30)4-45-26)10(6-46-27)48-25-15(35)11(31)7(29)3-44-25/h7-22,24-38,40H,3-6H2,1-2H3/t7-,8-,9-,10-,11+,12+,13+,14-,15-,16-,17-,18-,19+,20+,21-,22+,24-,25+,26+,27+,28-/m1/s1. The summed E-state index contributed by atoms with van der Waals surface area (Å²) in [6.07, 6.45) is -34.9. The summed E-state index contributed by atoms with van der Waals surface area (Å²) in [6.45, 7) is -1.93. The van der Waals surface area contributed by atoms with Crippen LogP contribution in [0.4, 0.5) is 0 Å². The second-order valence-electron chi connectivity index (χ2n) is 12.6. The van der Waals surface area contributed by atoms with Crippen molar-refractivity contribution in [3.63, 3.8) is 0 Å². The van der Waals surface area contributed by atoms with E-state index in [0.29, 0.717) is 0 Å². The van der Waals surface area contributed by atoms with Crippen molar-refractivity contribution >= 4 is 5.97 Å². The Kier molecular flexibility index (Phi) is 13.9. The monoisotopic (exact) mass is 750 g/mol. The van der Waals surface area contributed by atoms with Gasteiger partial charge in [-0.25, -0.2) is 4.79 Å². The lowest BCUT2D eigenvalue weighted by Gasteiger charge is -2.47. The zero-order valence-corrected chi connectivity index (χ0v) is 27.3. The molecule has 5 saturated heterocycles. The van der Waals surface area contributed by atoms with Crippen molar-refractivity contribution in [2.24, 2.45) is 0 Å². The maximum absolute atomic E-state index is 12.3. The van der Waals surface area contributed by atoms with E-state index in [1.807, 2.05) is 0 Å². The second-order valence-corrected chi connectivity index (χ2v) is 12.6. The van der Waals surface area contributed by atoms with Crippen molar-refractivity contribution in [2.45, 2.75) is 129 Å². The van der Waals surface area contributed by atoms with Crippen LogP contribution in [0.15, 0.2) is 0 Å². The van der Waals surface area contributed by atoms with Gasteiger partial charge in [-0.15, -0.1) is 0 Å². The number of hydrogen-bond acceptors (Lipinski definition) is 23. The van der Waals surface area contributed by atoms with Crippen LogP contribution in [-0.4, -0.2) is 232 Å². The van der Waals surface area contributed by atoms with Crippen LogP contribution in [0.5, 0.6) is 0 Å². The molecule has 23 heteroatoms. The number of rotatable bonds is 10. The summed E-state index contributed by atoms with van der Waals surface area (Å²) < 4.78 is 59.5. The number of carbonyl (C=O) groups excluding carboxylic acids is 1. The zero-order chi connectivity index (χ0) is 37.3. The number of methoxy groups -OCH3 is 2. The molecule has 5 fully saturated rings. The number of carbonyl (C=O) groups is 1. The maximum Gasteiger partial charge on any atom is 0.337 e. The molecule has 0 aromatic carbocycles. The average Bonchev–Trinajstić information content (AvgIpc) is 3.11. The first kappa shape index (κ1) is 40.8. The van der Waals surface area contributed by atoms with Crippen molar-refractivity contribution in [1.29, 1.82) is 0 Å². The average molecular weight is 751 g/mol. The molecule has 0 unspecified atom stereocenters. The van der Waals surface area contributed by atoms with E-state index in [2.05, 4.69) is 4.74 Å². The lowest BCUT2D eigenvalue weighted by molar-refractivity contribution is -0.379. The maximum atomic E-state index is 12.3. The highest BCUT2D eigenvalue weighted by atomic mass is 16.8. The Morgan fingerprint density at radius 2 is 0.980 bits per heavy atom. The summed E-state index contributed by atoms with van der Waals surface area (Å²) in [5, 5.41) is 115. The van der Waals surface area contributed by atoms with Crippen LogP contribution < -0.4 is 0 Å². The highest BCUT2D eigenvalue weighted by molar-refractivity contribution is 5.75. The predicted molar refractivity (Wildman–Crippen MR) is 152 cm³/mol. The van der Waals surface area contributed by atoms with Gasteiger partial charge in [-0.3, -0.25) is 0 Å². The van der Waals surface area contributed by atoms with Crippen molar-refractivity contribution in [2.75, 3.05) is 40.6 Å². The summed E-state index contributed by atoms with van der Waals surface area (Å²) in [5.74, 6) is -0.985. The number of aliphatic hydroxyl groups excluding tert-OH is 11. The lowest BCUT2D eigenvalue weighted by Crippen LogP contribution is -2.65. The van der Waals surface area contributed by atoms with E-state index in [4.69, 9.17) is 47.4 Å². The Balaban J connectivity index is 1.29. The Labute approximate surface area is 289 Å². The van der Waals surface area contributed by atoms with Crippen LogP contribution in [0.2, 0.25) is 0 Å². The van der Waals surface area contributed by atoms with E-state index in [0.717, 1.165) is 14.2 Å². The molecule has 5 rings (SSSR count). The van der Waals surface area contributed by atoms with E-state index in [1.54, 1.807) is 0 Å². The third kappa shape index (κ3) is 8.64. The van der Waals surface area contributed by atoms with Gasteiger partial charge in [-0.05, 0) is 0 Å². The summed E-state index contributed by atoms with van der Waals surface area (Å²) >= 11 is 0. The minimum absolute atomic E-state index is 0.433. The molecule has 0 radical (unpaired) electrons. The van der Waals surface area contributed by atoms with E-state index in [-0.39, 0.29) is 0 Å². The molecule has 0 aliphatic carbocycles. The third-order valence-electron chi connectivity index (χ3n) is 9.20. The van der Waals surface area contributed by atoms with Crippen molar-refractivity contribution < 1.29 is 113 Å². The van der Waals surface area contributed by atoms with Crippen molar-refractivity contribution in [3.8, 4) is 0 Å². The minimum Gasteiger partial charge on any atom is -0.467 e.